The van der Waals surface area contributed by atoms with Crippen LogP contribution in [0.1, 0.15) is 41.5 Å². The van der Waals surface area contributed by atoms with Gasteiger partial charge in [0.05, 0.1) is 11.7 Å². The molecule has 2 amide bonds. The van der Waals surface area contributed by atoms with Gasteiger partial charge in [-0.3, -0.25) is 0 Å². The third-order valence-corrected chi connectivity index (χ3v) is 6.35. The second-order valence-electron chi connectivity index (χ2n) is 8.35. The van der Waals surface area contributed by atoms with Crippen LogP contribution in [0.15, 0.2) is 71.6 Å². The van der Waals surface area contributed by atoms with Gasteiger partial charge in [-0.05, 0) is 43.0 Å². The first kappa shape index (κ1) is 22.1. The van der Waals surface area contributed by atoms with Gasteiger partial charge in [0.15, 0.2) is 5.76 Å². The highest BCUT2D eigenvalue weighted by Crippen LogP contribution is 2.35. The number of anilines is 1. The van der Waals surface area contributed by atoms with E-state index in [1.807, 2.05) is 65.7 Å². The molecule has 0 bridgehead atoms. The van der Waals surface area contributed by atoms with Crippen LogP contribution < -0.4 is 5.32 Å². The first-order valence-electron chi connectivity index (χ1n) is 11.2. The fraction of sp³-hybridized carbons (Fsp3) is 0.231. The third kappa shape index (κ3) is 4.52. The molecule has 0 spiro atoms. The molecule has 4 aromatic rings. The lowest BCUT2D eigenvalue weighted by molar-refractivity contribution is 0.206. The number of carbonyl (C=O) groups excluding carboxylic acids is 1. The van der Waals surface area contributed by atoms with Gasteiger partial charge in [-0.15, -0.1) is 0 Å². The molecule has 1 N–H and O–H groups in total. The van der Waals surface area contributed by atoms with Crippen molar-refractivity contribution < 1.29 is 9.32 Å². The number of amides is 2. The van der Waals surface area contributed by atoms with Gasteiger partial charge in [0.2, 0.25) is 0 Å². The number of rotatable bonds is 5. The molecule has 1 aliphatic rings. The summed E-state index contributed by atoms with van der Waals surface area (Å²) in [7, 11) is 0. The maximum atomic E-state index is 13.4. The highest BCUT2D eigenvalue weighted by Gasteiger charge is 2.33. The number of hydrogen-bond acceptors (Lipinski definition) is 5. The van der Waals surface area contributed by atoms with Crippen LogP contribution in [0.3, 0.4) is 0 Å². The fourth-order valence-corrected chi connectivity index (χ4v) is 4.54. The molecule has 0 radical (unpaired) electrons. The summed E-state index contributed by atoms with van der Waals surface area (Å²) in [6, 6.07) is 17.1. The van der Waals surface area contributed by atoms with E-state index in [1.165, 1.54) is 0 Å². The van der Waals surface area contributed by atoms with E-state index in [1.54, 1.807) is 13.3 Å². The zero-order chi connectivity index (χ0) is 23.5. The smallest absolute Gasteiger partial charge is 0.322 e. The molecule has 1 fully saturated rings. The number of aromatic nitrogens is 3. The van der Waals surface area contributed by atoms with Crippen molar-refractivity contribution in [3.63, 3.8) is 0 Å². The van der Waals surface area contributed by atoms with Gasteiger partial charge in [0.25, 0.3) is 0 Å². The average molecular weight is 474 g/mol. The molecule has 2 aromatic heterocycles. The minimum absolute atomic E-state index is 0.134. The zero-order valence-corrected chi connectivity index (χ0v) is 19.5. The molecular formula is C26H24ClN5O2. The number of likely N-dealkylation sites (tertiary alicyclic amines) is 1. The van der Waals surface area contributed by atoms with Crippen LogP contribution in [-0.2, 0) is 6.42 Å². The van der Waals surface area contributed by atoms with Gasteiger partial charge in [0, 0.05) is 29.7 Å². The number of halogens is 1. The normalized spacial score (nSPS) is 15.5. The van der Waals surface area contributed by atoms with Crippen LogP contribution in [0.25, 0.3) is 11.3 Å². The molecule has 1 aliphatic heterocycles. The van der Waals surface area contributed by atoms with Gasteiger partial charge in [-0.2, -0.15) is 0 Å². The first-order valence-corrected chi connectivity index (χ1v) is 11.6. The van der Waals surface area contributed by atoms with Crippen LogP contribution in [-0.4, -0.2) is 32.6 Å². The van der Waals surface area contributed by atoms with E-state index in [4.69, 9.17) is 16.1 Å². The summed E-state index contributed by atoms with van der Waals surface area (Å²) >= 11 is 6.04. The van der Waals surface area contributed by atoms with Crippen LogP contribution in [0.5, 0.6) is 0 Å². The van der Waals surface area contributed by atoms with E-state index in [0.29, 0.717) is 35.1 Å². The minimum Gasteiger partial charge on any atom is -0.359 e. The lowest BCUT2D eigenvalue weighted by atomic mass is 10.00. The number of benzene rings is 2. The Balaban J connectivity index is 1.39. The number of carbonyl (C=O) groups is 1. The molecule has 2 aromatic carbocycles. The molecule has 1 atom stereocenters. The Morgan fingerprint density at radius 3 is 2.76 bits per heavy atom. The van der Waals surface area contributed by atoms with Crippen LogP contribution in [0.4, 0.5) is 10.5 Å². The summed E-state index contributed by atoms with van der Waals surface area (Å²) in [6.07, 6.45) is 5.79. The second-order valence-corrected chi connectivity index (χ2v) is 8.78. The summed E-state index contributed by atoms with van der Waals surface area (Å²) in [4.78, 5) is 24.1. The maximum Gasteiger partial charge on any atom is 0.322 e. The second kappa shape index (κ2) is 9.65. The van der Waals surface area contributed by atoms with Crippen LogP contribution in [0, 0.1) is 6.92 Å². The minimum atomic E-state index is -0.193. The Morgan fingerprint density at radius 1 is 1.18 bits per heavy atom. The fourth-order valence-electron chi connectivity index (χ4n) is 4.41. The van der Waals surface area contributed by atoms with E-state index in [0.717, 1.165) is 35.2 Å². The zero-order valence-electron chi connectivity index (χ0n) is 18.7. The summed E-state index contributed by atoms with van der Waals surface area (Å²) in [6.45, 7) is 2.44. The van der Waals surface area contributed by atoms with Crippen LogP contribution in [0.2, 0.25) is 5.02 Å². The van der Waals surface area contributed by atoms with Crippen molar-refractivity contribution in [1.29, 1.82) is 0 Å². The number of aryl methyl sites for hydroxylation is 1. The lowest BCUT2D eigenvalue weighted by Crippen LogP contribution is -2.35. The van der Waals surface area contributed by atoms with E-state index < -0.39 is 0 Å². The van der Waals surface area contributed by atoms with E-state index in [9.17, 15) is 4.79 Å². The third-order valence-electron chi connectivity index (χ3n) is 6.10. The number of urea groups is 1. The van der Waals surface area contributed by atoms with Crippen molar-refractivity contribution in [3.8, 4) is 11.3 Å². The molecule has 0 aliphatic carbocycles. The van der Waals surface area contributed by atoms with Gasteiger partial charge in [0.1, 0.15) is 17.7 Å². The first-order chi connectivity index (χ1) is 16.6. The van der Waals surface area contributed by atoms with Gasteiger partial charge in [-0.25, -0.2) is 14.8 Å². The van der Waals surface area contributed by atoms with E-state index in [2.05, 4.69) is 20.4 Å². The molecule has 0 unspecified atom stereocenters. The molecule has 5 rings (SSSR count). The molecule has 0 saturated carbocycles. The Bertz CT molecular complexity index is 1290. The summed E-state index contributed by atoms with van der Waals surface area (Å²) < 4.78 is 5.41. The topological polar surface area (TPSA) is 84.2 Å². The predicted octanol–water partition coefficient (Wildman–Crippen LogP) is 6.05. The van der Waals surface area contributed by atoms with Gasteiger partial charge in [-0.1, -0.05) is 59.2 Å². The van der Waals surface area contributed by atoms with Crippen LogP contribution >= 0.6 is 11.6 Å². The van der Waals surface area contributed by atoms with Crippen molar-refractivity contribution in [1.82, 2.24) is 20.0 Å². The Morgan fingerprint density at radius 2 is 1.97 bits per heavy atom. The van der Waals surface area contributed by atoms with Gasteiger partial charge >= 0.3 is 6.03 Å². The quantitative estimate of drug-likeness (QED) is 0.381. The lowest BCUT2D eigenvalue weighted by Gasteiger charge is -2.26. The maximum absolute atomic E-state index is 13.4. The number of hydrogen-bond donors (Lipinski definition) is 1. The summed E-state index contributed by atoms with van der Waals surface area (Å²) in [5.74, 6) is 0.563. The van der Waals surface area contributed by atoms with E-state index in [-0.39, 0.29) is 12.1 Å². The SMILES string of the molecule is Cc1onc(-c2ccccc2)c1NC(=O)N1CCC[C@@H]1c1ncncc1Cc1ccc(Cl)cc1. The molecule has 172 valence electrons. The summed E-state index contributed by atoms with van der Waals surface area (Å²) in [5.41, 5.74) is 5.08. The summed E-state index contributed by atoms with van der Waals surface area (Å²) in [5, 5.41) is 7.92. The Hall–Kier alpha value is -3.71. The average Bonchev–Trinajstić information content (AvgIpc) is 3.49. The highest BCUT2D eigenvalue weighted by atomic mass is 35.5. The largest absolute Gasteiger partial charge is 0.359 e. The Labute approximate surface area is 202 Å². The van der Waals surface area contributed by atoms with Crippen molar-refractivity contribution in [2.75, 3.05) is 11.9 Å². The molecule has 1 saturated heterocycles. The Kier molecular flexibility index (Phi) is 6.27. The molecule has 34 heavy (non-hydrogen) atoms. The van der Waals surface area contributed by atoms with Crippen molar-refractivity contribution >= 4 is 23.3 Å². The molecule has 7 nitrogen and oxygen atoms in total. The van der Waals surface area contributed by atoms with Crippen molar-refractivity contribution in [2.24, 2.45) is 0 Å². The molecule has 8 heteroatoms. The number of nitrogens with zero attached hydrogens (tertiary/aromatic N) is 4. The number of nitrogens with one attached hydrogen (secondary N) is 1. The molecular weight excluding hydrogens is 450 g/mol. The van der Waals surface area contributed by atoms with Crippen molar-refractivity contribution in [3.05, 3.63) is 94.7 Å². The standard InChI is InChI=1S/C26H24ClN5O2/c1-17-23(25(31-34-17)19-6-3-2-4-7-19)30-26(33)32-13-5-8-22(32)24-20(15-28-16-29-24)14-18-9-11-21(27)12-10-18/h2-4,6-7,9-12,15-16,22H,5,8,13-14H2,1H3,(H,30,33)/t22-/m1/s1. The van der Waals surface area contributed by atoms with E-state index >= 15 is 0 Å². The van der Waals surface area contributed by atoms with Gasteiger partial charge < -0.3 is 14.7 Å². The predicted molar refractivity (Wildman–Crippen MR) is 131 cm³/mol. The molecule has 3 heterocycles. The monoisotopic (exact) mass is 473 g/mol. The van der Waals surface area contributed by atoms with Crippen molar-refractivity contribution in [2.45, 2.75) is 32.2 Å². The highest BCUT2D eigenvalue weighted by molar-refractivity contribution is 6.30.